The van der Waals surface area contributed by atoms with Crippen LogP contribution in [0.2, 0.25) is 0 Å². The molecule has 0 bridgehead atoms. The van der Waals surface area contributed by atoms with Crippen molar-refractivity contribution in [3.8, 4) is 0 Å². The molecular formula is C6H11NO. The Kier molecular flexibility index (Phi) is 1.89. The Labute approximate surface area is 49.2 Å². The smallest absolute Gasteiger partial charge is 0.151 e. The largest absolute Gasteiger partial charge is 0.626 e. The fraction of sp³-hybridized carbons (Fsp3) is 0.833. The van der Waals surface area contributed by atoms with Crippen LogP contribution in [0.1, 0.15) is 25.7 Å². The summed E-state index contributed by atoms with van der Waals surface area (Å²) in [5, 5.41) is 11.6. The fourth-order valence-corrected chi connectivity index (χ4v) is 1.22. The highest BCUT2D eigenvalue weighted by atomic mass is 16.4. The molecule has 0 atom stereocenters. The highest BCUT2D eigenvalue weighted by Crippen LogP contribution is 2.21. The second kappa shape index (κ2) is 2.70. The van der Waals surface area contributed by atoms with E-state index in [9.17, 15) is 5.21 Å². The minimum atomic E-state index is 0.562. The maximum atomic E-state index is 9.78. The van der Waals surface area contributed by atoms with E-state index in [4.69, 9.17) is 0 Å². The molecule has 1 N–H and O–H groups in total. The summed E-state index contributed by atoms with van der Waals surface area (Å²) in [5.74, 6) is 0.562. The number of nitrogens with one attached hydrogen (secondary N) is 1. The molecule has 0 amide bonds. The van der Waals surface area contributed by atoms with Gasteiger partial charge < -0.3 is 5.21 Å². The van der Waals surface area contributed by atoms with Crippen LogP contribution in [0.25, 0.3) is 0 Å². The molecule has 1 aliphatic rings. The van der Waals surface area contributed by atoms with E-state index in [0.29, 0.717) is 5.92 Å². The molecule has 0 aliphatic heterocycles. The molecule has 0 aromatic carbocycles. The monoisotopic (exact) mass is 113 g/mol. The van der Waals surface area contributed by atoms with Crippen LogP contribution in [0.3, 0.4) is 0 Å². The number of hydrogen-bond acceptors (Lipinski definition) is 1. The summed E-state index contributed by atoms with van der Waals surface area (Å²) in [6.07, 6.45) is 6.66. The number of hydrogen-bond donors (Lipinski definition) is 1. The van der Waals surface area contributed by atoms with Gasteiger partial charge in [-0.3, -0.25) is 0 Å². The molecule has 8 heavy (non-hydrogen) atoms. The van der Waals surface area contributed by atoms with Gasteiger partial charge in [-0.15, -0.1) is 0 Å². The van der Waals surface area contributed by atoms with Crippen molar-refractivity contribution in [3.05, 3.63) is 5.21 Å². The Balaban J connectivity index is 2.24. The third-order valence-corrected chi connectivity index (χ3v) is 1.70. The molecule has 0 unspecified atom stereocenters. The molecule has 0 spiro atoms. The predicted molar refractivity (Wildman–Crippen MR) is 32.4 cm³/mol. The molecule has 1 saturated carbocycles. The summed E-state index contributed by atoms with van der Waals surface area (Å²) < 4.78 is 0. The van der Waals surface area contributed by atoms with Gasteiger partial charge in [0.15, 0.2) is 6.21 Å². The first-order chi connectivity index (χ1) is 3.93. The molecule has 0 radical (unpaired) electrons. The second-order valence-electron chi connectivity index (χ2n) is 2.33. The minimum Gasteiger partial charge on any atom is -0.626 e. The maximum Gasteiger partial charge on any atom is 0.151 e. The third kappa shape index (κ3) is 1.22. The summed E-state index contributed by atoms with van der Waals surface area (Å²) in [5.41, 5.74) is 0. The van der Waals surface area contributed by atoms with Crippen molar-refractivity contribution < 1.29 is 5.16 Å². The molecule has 0 aromatic heterocycles. The van der Waals surface area contributed by atoms with Crippen molar-refractivity contribution in [1.82, 2.24) is 0 Å². The van der Waals surface area contributed by atoms with Gasteiger partial charge in [-0.1, -0.05) is 12.8 Å². The minimum absolute atomic E-state index is 0.562. The van der Waals surface area contributed by atoms with Gasteiger partial charge in [0.05, 0.1) is 0 Å². The molecule has 46 valence electrons. The lowest BCUT2D eigenvalue weighted by atomic mass is 10.1. The summed E-state index contributed by atoms with van der Waals surface area (Å²) in [7, 11) is 0. The molecule has 1 rings (SSSR count). The van der Waals surface area contributed by atoms with Crippen molar-refractivity contribution in [3.63, 3.8) is 0 Å². The zero-order valence-corrected chi connectivity index (χ0v) is 4.89. The van der Waals surface area contributed by atoms with Gasteiger partial charge >= 0.3 is 0 Å². The predicted octanol–water partition coefficient (Wildman–Crippen LogP) is -0.174. The van der Waals surface area contributed by atoms with Crippen LogP contribution in [0.5, 0.6) is 0 Å². The van der Waals surface area contributed by atoms with Crippen molar-refractivity contribution in [2.45, 2.75) is 25.7 Å². The molecular weight excluding hydrogens is 102 g/mol. The van der Waals surface area contributed by atoms with Gasteiger partial charge in [-0.25, -0.2) is 5.16 Å². The molecule has 2 heteroatoms. The lowest BCUT2D eigenvalue weighted by Gasteiger charge is -1.92. The van der Waals surface area contributed by atoms with Gasteiger partial charge in [0.2, 0.25) is 0 Å². The van der Waals surface area contributed by atoms with E-state index in [1.165, 1.54) is 25.7 Å². The van der Waals surface area contributed by atoms with Crippen LogP contribution < -0.4 is 5.16 Å². The van der Waals surface area contributed by atoms with E-state index in [1.807, 2.05) is 5.16 Å². The molecule has 1 aliphatic carbocycles. The average molecular weight is 113 g/mol. The van der Waals surface area contributed by atoms with E-state index in [2.05, 4.69) is 0 Å². The highest BCUT2D eigenvalue weighted by Gasteiger charge is 2.13. The van der Waals surface area contributed by atoms with Crippen LogP contribution in [-0.2, 0) is 0 Å². The first kappa shape index (κ1) is 5.60. The maximum absolute atomic E-state index is 9.78. The summed E-state index contributed by atoms with van der Waals surface area (Å²) in [6.45, 7) is 0. The topological polar surface area (TPSA) is 37.0 Å². The Morgan fingerprint density at radius 1 is 1.38 bits per heavy atom. The van der Waals surface area contributed by atoms with E-state index < -0.39 is 0 Å². The Morgan fingerprint density at radius 2 is 2.00 bits per heavy atom. The van der Waals surface area contributed by atoms with E-state index in [0.717, 1.165) is 0 Å². The zero-order chi connectivity index (χ0) is 5.82. The van der Waals surface area contributed by atoms with E-state index in [-0.39, 0.29) is 0 Å². The van der Waals surface area contributed by atoms with Gasteiger partial charge in [0.25, 0.3) is 0 Å². The van der Waals surface area contributed by atoms with Crippen molar-refractivity contribution in [2.24, 2.45) is 5.92 Å². The van der Waals surface area contributed by atoms with Crippen LogP contribution in [0.15, 0.2) is 0 Å². The van der Waals surface area contributed by atoms with Crippen molar-refractivity contribution >= 4 is 6.21 Å². The van der Waals surface area contributed by atoms with Gasteiger partial charge in [0.1, 0.15) is 0 Å². The summed E-state index contributed by atoms with van der Waals surface area (Å²) >= 11 is 0. The SMILES string of the molecule is [O-][NH+]=CC1CCCC1. The van der Waals surface area contributed by atoms with Gasteiger partial charge in [-0.2, -0.15) is 0 Å². The van der Waals surface area contributed by atoms with Gasteiger partial charge in [0, 0.05) is 5.92 Å². The van der Waals surface area contributed by atoms with Crippen LogP contribution in [-0.4, -0.2) is 6.21 Å². The van der Waals surface area contributed by atoms with Gasteiger partial charge in [-0.05, 0) is 12.8 Å². The molecule has 0 heterocycles. The Bertz CT molecular complexity index is 84.5. The Morgan fingerprint density at radius 3 is 2.50 bits per heavy atom. The van der Waals surface area contributed by atoms with E-state index >= 15 is 0 Å². The second-order valence-corrected chi connectivity index (χ2v) is 2.33. The average Bonchev–Trinajstić information content (AvgIpc) is 2.19. The van der Waals surface area contributed by atoms with Crippen LogP contribution >= 0.6 is 0 Å². The molecule has 0 saturated heterocycles. The number of rotatable bonds is 1. The van der Waals surface area contributed by atoms with E-state index in [1.54, 1.807) is 6.21 Å². The highest BCUT2D eigenvalue weighted by molar-refractivity contribution is 5.54. The Hall–Kier alpha value is -0.530. The first-order valence-electron chi connectivity index (χ1n) is 3.14. The first-order valence-corrected chi connectivity index (χ1v) is 3.14. The quantitative estimate of drug-likeness (QED) is 0.286. The summed E-state index contributed by atoms with van der Waals surface area (Å²) in [6, 6.07) is 0. The van der Waals surface area contributed by atoms with Crippen molar-refractivity contribution in [1.29, 1.82) is 0 Å². The summed E-state index contributed by atoms with van der Waals surface area (Å²) in [4.78, 5) is 0. The van der Waals surface area contributed by atoms with Crippen LogP contribution in [0, 0.1) is 11.1 Å². The van der Waals surface area contributed by atoms with Crippen molar-refractivity contribution in [2.75, 3.05) is 0 Å². The lowest BCUT2D eigenvalue weighted by Crippen LogP contribution is -2.61. The normalized spacial score (nSPS) is 23.0. The van der Waals surface area contributed by atoms with Crippen LogP contribution in [0.4, 0.5) is 0 Å². The molecule has 1 fully saturated rings. The standard InChI is InChI=1S/C6H11NO/c8-7-5-6-3-1-2-4-6/h5-7H,1-4H2. The molecule has 0 aromatic rings. The lowest BCUT2D eigenvalue weighted by molar-refractivity contribution is -0.370. The third-order valence-electron chi connectivity index (χ3n) is 1.70. The molecule has 2 nitrogen and oxygen atoms in total. The fourth-order valence-electron chi connectivity index (χ4n) is 1.22. The zero-order valence-electron chi connectivity index (χ0n) is 4.89.